The molecule has 2 aromatic carbocycles. The van der Waals surface area contributed by atoms with E-state index in [1.54, 1.807) is 18.2 Å². The first-order valence-electron chi connectivity index (χ1n) is 14.9. The third kappa shape index (κ3) is 14.2. The van der Waals surface area contributed by atoms with E-state index in [0.29, 0.717) is 6.54 Å². The van der Waals surface area contributed by atoms with Crippen molar-refractivity contribution in [2.45, 2.75) is 110 Å². The van der Waals surface area contributed by atoms with E-state index in [2.05, 4.69) is 6.92 Å². The Morgan fingerprint density at radius 1 is 0.632 bits per heavy atom. The molecule has 3 N–H and O–H groups in total. The van der Waals surface area contributed by atoms with E-state index in [-0.39, 0.29) is 30.2 Å². The molecule has 2 aromatic rings. The largest absolute Gasteiger partial charge is 0.545 e. The van der Waals surface area contributed by atoms with Crippen LogP contribution in [0, 0.1) is 0 Å². The zero-order valence-corrected chi connectivity index (χ0v) is 23.8. The molecule has 0 saturated heterocycles. The minimum atomic E-state index is -1.13. The highest BCUT2D eigenvalue weighted by Crippen LogP contribution is 2.17. The monoisotopic (exact) mass is 531 g/mol. The van der Waals surface area contributed by atoms with Crippen molar-refractivity contribution in [1.82, 2.24) is 0 Å². The average molecular weight is 532 g/mol. The van der Waals surface area contributed by atoms with Gasteiger partial charge in [-0.15, -0.1) is 0 Å². The molecule has 0 aliphatic heterocycles. The molecule has 0 heterocycles. The Hall–Kier alpha value is -1.99. The lowest BCUT2D eigenvalue weighted by molar-refractivity contribution is -0.976. The first-order valence-corrected chi connectivity index (χ1v) is 14.9. The quantitative estimate of drug-likeness (QED) is 0.102. The maximum absolute atomic E-state index is 10.7. The molecule has 38 heavy (non-hydrogen) atoms. The Kier molecular flexibility index (Phi) is 19.6. The molecule has 216 valence electrons. The number of fused-ring (bicyclic) bond motifs is 1. The number of nitrogens with zero attached hydrogens (tertiary/aromatic N) is 1. The van der Waals surface area contributed by atoms with E-state index in [9.17, 15) is 25.2 Å². The Balaban J connectivity index is 0.000000457. The molecule has 6 heteroatoms. The fourth-order valence-corrected chi connectivity index (χ4v) is 4.75. The van der Waals surface area contributed by atoms with Gasteiger partial charge in [0.25, 0.3) is 0 Å². The Morgan fingerprint density at radius 2 is 1.05 bits per heavy atom. The average Bonchev–Trinajstić information content (AvgIpc) is 2.95. The van der Waals surface area contributed by atoms with Crippen LogP contribution >= 0.6 is 0 Å². The summed E-state index contributed by atoms with van der Waals surface area (Å²) in [6.45, 7) is 2.36. The molecular weight excluding hydrogens is 478 g/mol. The number of carbonyl (C=O) groups excluding carboxylic acids is 1. The number of aliphatic hydroxyl groups is 3. The summed E-state index contributed by atoms with van der Waals surface area (Å²) in [5, 5.41) is 40.1. The summed E-state index contributed by atoms with van der Waals surface area (Å²) < 4.78 is -0.00139. The number of benzene rings is 2. The lowest BCUT2D eigenvalue weighted by atomic mass is 10.0. The molecule has 2 rings (SSSR count). The van der Waals surface area contributed by atoms with Gasteiger partial charge < -0.3 is 25.2 Å². The summed E-state index contributed by atoms with van der Waals surface area (Å²) in [6.07, 6.45) is 21.4. The fourth-order valence-electron chi connectivity index (χ4n) is 4.75. The first-order chi connectivity index (χ1) is 18.5. The molecule has 6 nitrogen and oxygen atoms in total. The lowest BCUT2D eigenvalue weighted by Crippen LogP contribution is -2.50. The van der Waals surface area contributed by atoms with Crippen LogP contribution < -0.4 is 5.11 Å². The standard InChI is InChI=1S/C21H46NO3.C11H8O2/c1-2-3-4-5-6-7-8-9-10-11-12-13-14-15-16-17-18-22(19-23,20-24)21-25;12-11(13)10-7-3-5-8-4-1-2-6-9(8)10/h23-25H,2-21H2,1H3;1-7H,(H,12,13)/q+1;/p-1. The molecule has 0 aromatic heterocycles. The van der Waals surface area contributed by atoms with E-state index in [4.69, 9.17) is 0 Å². The third-order valence-corrected chi connectivity index (χ3v) is 7.40. The van der Waals surface area contributed by atoms with Crippen molar-refractivity contribution in [3.05, 3.63) is 48.0 Å². The Labute approximate surface area is 230 Å². The molecule has 0 fully saturated rings. The van der Waals surface area contributed by atoms with Gasteiger partial charge in [-0.1, -0.05) is 139 Å². The highest BCUT2D eigenvalue weighted by atomic mass is 16.4. The van der Waals surface area contributed by atoms with Crippen molar-refractivity contribution in [1.29, 1.82) is 0 Å². The Bertz CT molecular complexity index is 839. The molecule has 0 unspecified atom stereocenters. The highest BCUT2D eigenvalue weighted by molar-refractivity contribution is 6.02. The van der Waals surface area contributed by atoms with E-state index in [0.717, 1.165) is 23.6 Å². The van der Waals surface area contributed by atoms with Gasteiger partial charge >= 0.3 is 0 Å². The van der Waals surface area contributed by atoms with Gasteiger partial charge in [0.2, 0.25) is 0 Å². The van der Waals surface area contributed by atoms with Crippen LogP contribution in [-0.4, -0.2) is 52.5 Å². The molecular formula is C32H53NO5. The van der Waals surface area contributed by atoms with Crippen molar-refractivity contribution >= 4 is 16.7 Å². The second-order valence-corrected chi connectivity index (χ2v) is 10.6. The molecule has 0 aliphatic carbocycles. The van der Waals surface area contributed by atoms with E-state index in [1.807, 2.05) is 24.3 Å². The predicted molar refractivity (Wildman–Crippen MR) is 154 cm³/mol. The molecule has 0 atom stereocenters. The number of unbranched alkanes of at least 4 members (excludes halogenated alkanes) is 15. The van der Waals surface area contributed by atoms with Crippen LogP contribution in [0.15, 0.2) is 42.5 Å². The van der Waals surface area contributed by atoms with Gasteiger partial charge in [-0.2, -0.15) is 0 Å². The minimum absolute atomic E-state index is 0.00139. The summed E-state index contributed by atoms with van der Waals surface area (Å²) >= 11 is 0. The van der Waals surface area contributed by atoms with Gasteiger partial charge in [-0.3, -0.25) is 4.48 Å². The topological polar surface area (TPSA) is 101 Å². The van der Waals surface area contributed by atoms with Crippen molar-refractivity contribution < 1.29 is 29.7 Å². The van der Waals surface area contributed by atoms with E-state index >= 15 is 0 Å². The second kappa shape index (κ2) is 21.9. The normalized spacial score (nSPS) is 11.4. The second-order valence-electron chi connectivity index (χ2n) is 10.6. The van der Waals surface area contributed by atoms with Crippen LogP contribution in [0.4, 0.5) is 0 Å². The van der Waals surface area contributed by atoms with Gasteiger partial charge in [0, 0.05) is 5.56 Å². The minimum Gasteiger partial charge on any atom is -0.545 e. The van der Waals surface area contributed by atoms with Crippen LogP contribution in [-0.2, 0) is 0 Å². The van der Waals surface area contributed by atoms with Crippen molar-refractivity contribution in [3.63, 3.8) is 0 Å². The summed E-state index contributed by atoms with van der Waals surface area (Å²) in [5.41, 5.74) is 0.248. The zero-order chi connectivity index (χ0) is 27.9. The molecule has 0 saturated carbocycles. The molecule has 0 amide bonds. The third-order valence-electron chi connectivity index (χ3n) is 7.40. The number of quaternary nitrogens is 1. The first kappa shape index (κ1) is 34.0. The molecule has 0 spiro atoms. The van der Waals surface area contributed by atoms with Crippen LogP contribution in [0.2, 0.25) is 0 Å². The predicted octanol–water partition coefficient (Wildman–Crippen LogP) is 6.12. The number of aromatic carboxylic acids is 1. The number of rotatable bonds is 21. The molecule has 0 bridgehead atoms. The van der Waals surface area contributed by atoms with Crippen molar-refractivity contribution in [2.75, 3.05) is 26.7 Å². The number of carbonyl (C=O) groups is 1. The highest BCUT2D eigenvalue weighted by Gasteiger charge is 2.23. The van der Waals surface area contributed by atoms with E-state index < -0.39 is 5.97 Å². The number of carboxylic acid groups (broad SMARTS) is 1. The maximum Gasteiger partial charge on any atom is 0.183 e. The summed E-state index contributed by atoms with van der Waals surface area (Å²) in [7, 11) is 0. The summed E-state index contributed by atoms with van der Waals surface area (Å²) in [5.74, 6) is -1.13. The SMILES string of the molecule is CCCCCCCCCCCCCCCCCC[N+](CO)(CO)CO.O=C([O-])c1cccc2ccccc12. The van der Waals surface area contributed by atoms with Gasteiger partial charge in [0.05, 0.1) is 12.5 Å². The van der Waals surface area contributed by atoms with Gasteiger partial charge in [0.1, 0.15) is 0 Å². The molecule has 0 radical (unpaired) electrons. The maximum atomic E-state index is 10.7. The van der Waals surface area contributed by atoms with Crippen LogP contribution in [0.5, 0.6) is 0 Å². The van der Waals surface area contributed by atoms with Gasteiger partial charge in [0.15, 0.2) is 20.2 Å². The molecule has 0 aliphatic rings. The van der Waals surface area contributed by atoms with Crippen LogP contribution in [0.25, 0.3) is 10.8 Å². The lowest BCUT2D eigenvalue weighted by Gasteiger charge is -2.31. The number of carboxylic acids is 1. The van der Waals surface area contributed by atoms with Crippen LogP contribution in [0.1, 0.15) is 120 Å². The number of hydrogen-bond acceptors (Lipinski definition) is 5. The van der Waals surface area contributed by atoms with E-state index in [1.165, 1.54) is 89.9 Å². The Morgan fingerprint density at radius 3 is 1.50 bits per heavy atom. The summed E-state index contributed by atoms with van der Waals surface area (Å²) in [6, 6.07) is 12.5. The van der Waals surface area contributed by atoms with Crippen molar-refractivity contribution in [2.24, 2.45) is 0 Å². The van der Waals surface area contributed by atoms with Crippen LogP contribution in [0.3, 0.4) is 0 Å². The smallest absolute Gasteiger partial charge is 0.183 e. The van der Waals surface area contributed by atoms with Crippen molar-refractivity contribution in [3.8, 4) is 0 Å². The van der Waals surface area contributed by atoms with Gasteiger partial charge in [-0.25, -0.2) is 0 Å². The van der Waals surface area contributed by atoms with Gasteiger partial charge in [-0.05, 0) is 23.6 Å². The number of hydrogen-bond donors (Lipinski definition) is 3. The number of aliphatic hydroxyl groups excluding tert-OH is 3. The fraction of sp³-hybridized carbons (Fsp3) is 0.656. The summed E-state index contributed by atoms with van der Waals surface area (Å²) in [4.78, 5) is 10.7. The zero-order valence-electron chi connectivity index (χ0n) is 23.8.